The number of carbonyl (C=O) groups is 3. The van der Waals surface area contributed by atoms with E-state index in [4.69, 9.17) is 23.2 Å². The molecule has 9 nitrogen and oxygen atoms in total. The van der Waals surface area contributed by atoms with Crippen molar-refractivity contribution in [1.82, 2.24) is 25.5 Å². The van der Waals surface area contributed by atoms with E-state index in [1.807, 2.05) is 30.3 Å². The van der Waals surface area contributed by atoms with Crippen molar-refractivity contribution < 1.29 is 19.5 Å². The van der Waals surface area contributed by atoms with Crippen LogP contribution >= 0.6 is 35.0 Å². The lowest BCUT2D eigenvalue weighted by atomic mass is 10.1. The van der Waals surface area contributed by atoms with Crippen LogP contribution in [0, 0.1) is 0 Å². The van der Waals surface area contributed by atoms with Crippen LogP contribution < -0.4 is 5.32 Å². The van der Waals surface area contributed by atoms with E-state index < -0.39 is 29.5 Å². The number of rotatable bonds is 12. The van der Waals surface area contributed by atoms with Crippen molar-refractivity contribution in [3.8, 4) is 0 Å². The van der Waals surface area contributed by atoms with Gasteiger partial charge in [0.05, 0.1) is 6.42 Å². The van der Waals surface area contributed by atoms with Crippen molar-refractivity contribution in [3.63, 3.8) is 0 Å². The normalized spacial score (nSPS) is 11.7. The van der Waals surface area contributed by atoms with E-state index in [0.717, 1.165) is 24.6 Å². The molecule has 3 aromatic rings. The summed E-state index contributed by atoms with van der Waals surface area (Å²) in [6.07, 6.45) is 1.20. The number of nitrogens with one attached hydrogen (secondary N) is 1. The minimum atomic E-state index is -1.22. The number of hydrogen-bond donors (Lipinski definition) is 2. The number of hydrogen-bond acceptors (Lipinski definition) is 7. The number of Topliss-reactive ketones (excluding diaryl/α,β-unsaturated/α-hetero) is 1. The first-order valence-electron chi connectivity index (χ1n) is 10.7. The molecule has 1 aromatic heterocycles. The fourth-order valence-electron chi connectivity index (χ4n) is 3.28. The Morgan fingerprint density at radius 1 is 1.06 bits per heavy atom. The number of benzene rings is 2. The number of aryl methyl sites for hydroxylation is 1. The lowest BCUT2D eigenvalue weighted by molar-refractivity contribution is -0.139. The molecule has 0 aliphatic carbocycles. The average molecular weight is 536 g/mol. The fraction of sp³-hybridized carbons (Fsp3) is 0.304. The Morgan fingerprint density at radius 3 is 2.46 bits per heavy atom. The monoisotopic (exact) mass is 535 g/mol. The highest BCUT2D eigenvalue weighted by Crippen LogP contribution is 2.26. The second-order valence-electron chi connectivity index (χ2n) is 7.62. The van der Waals surface area contributed by atoms with Gasteiger partial charge in [-0.25, -0.2) is 4.68 Å². The number of carboxylic acid groups (broad SMARTS) is 1. The minimum absolute atomic E-state index is 0.173. The molecule has 1 atom stereocenters. The van der Waals surface area contributed by atoms with Gasteiger partial charge in [0.2, 0.25) is 0 Å². The zero-order chi connectivity index (χ0) is 25.2. The molecule has 12 heteroatoms. The first kappa shape index (κ1) is 26.7. The molecular weight excluding hydrogens is 513 g/mol. The number of aromatic nitrogens is 4. The van der Waals surface area contributed by atoms with Crippen molar-refractivity contribution in [2.75, 3.05) is 5.75 Å². The van der Waals surface area contributed by atoms with E-state index in [0.29, 0.717) is 27.2 Å². The summed E-state index contributed by atoms with van der Waals surface area (Å²) in [4.78, 5) is 36.6. The maximum atomic E-state index is 12.9. The highest BCUT2D eigenvalue weighted by atomic mass is 35.5. The van der Waals surface area contributed by atoms with Crippen molar-refractivity contribution in [2.45, 2.75) is 38.3 Å². The Kier molecular flexibility index (Phi) is 10.1. The van der Waals surface area contributed by atoms with Gasteiger partial charge in [0.25, 0.3) is 5.24 Å². The standard InChI is InChI=1S/C23H23Cl2N5O4S/c24-17-9-4-10-18(25)16(17)12-21-27-28-29-30(21)14-20(31)19(13-22(32)33)26-23(34)35-11-5-8-15-6-2-1-3-7-15/h1-4,6-7,9-10,19H,5,8,11-14H2,(H,26,34)(H,32,33). The van der Waals surface area contributed by atoms with Crippen LogP contribution in [0.15, 0.2) is 48.5 Å². The zero-order valence-electron chi connectivity index (χ0n) is 18.6. The van der Waals surface area contributed by atoms with Gasteiger partial charge in [0.1, 0.15) is 12.6 Å². The van der Waals surface area contributed by atoms with E-state index in [2.05, 4.69) is 20.8 Å². The van der Waals surface area contributed by atoms with E-state index in [1.54, 1.807) is 18.2 Å². The number of halogens is 2. The summed E-state index contributed by atoms with van der Waals surface area (Å²) in [6, 6.07) is 13.7. The Morgan fingerprint density at radius 2 is 1.77 bits per heavy atom. The van der Waals surface area contributed by atoms with Crippen LogP contribution in [0.25, 0.3) is 0 Å². The van der Waals surface area contributed by atoms with Gasteiger partial charge >= 0.3 is 5.97 Å². The SMILES string of the molecule is O=C(O)CC(NC(=O)SCCCc1ccccc1)C(=O)Cn1nnnc1Cc1c(Cl)cccc1Cl. The summed E-state index contributed by atoms with van der Waals surface area (Å²) in [5, 5.41) is 23.5. The number of carbonyl (C=O) groups excluding carboxylic acids is 2. The first-order chi connectivity index (χ1) is 16.8. The molecule has 1 unspecified atom stereocenters. The number of aliphatic carboxylic acids is 1. The van der Waals surface area contributed by atoms with E-state index in [-0.39, 0.29) is 13.0 Å². The Labute approximate surface area is 216 Å². The summed E-state index contributed by atoms with van der Waals surface area (Å²) in [7, 11) is 0. The second kappa shape index (κ2) is 13.2. The molecule has 184 valence electrons. The molecule has 2 aromatic carbocycles. The molecule has 35 heavy (non-hydrogen) atoms. The molecule has 0 aliphatic heterocycles. The summed E-state index contributed by atoms with van der Waals surface area (Å²) in [5.41, 5.74) is 1.77. The molecular formula is C23H23Cl2N5O4S. The van der Waals surface area contributed by atoms with Crippen LogP contribution in [0.4, 0.5) is 4.79 Å². The van der Waals surface area contributed by atoms with Gasteiger partial charge in [-0.05, 0) is 46.5 Å². The van der Waals surface area contributed by atoms with Crippen LogP contribution in [-0.2, 0) is 29.0 Å². The summed E-state index contributed by atoms with van der Waals surface area (Å²) < 4.78 is 1.25. The molecule has 3 rings (SSSR count). The number of carboxylic acids is 1. The topological polar surface area (TPSA) is 127 Å². The highest BCUT2D eigenvalue weighted by Gasteiger charge is 2.25. The molecule has 2 N–H and O–H groups in total. The predicted octanol–water partition coefficient (Wildman–Crippen LogP) is 4.06. The van der Waals surface area contributed by atoms with Crippen LogP contribution in [0.3, 0.4) is 0 Å². The third kappa shape index (κ3) is 8.34. The van der Waals surface area contributed by atoms with Gasteiger partial charge in [-0.2, -0.15) is 0 Å². The number of nitrogens with zero attached hydrogens (tertiary/aromatic N) is 4. The molecule has 0 saturated carbocycles. The smallest absolute Gasteiger partial charge is 0.305 e. The molecule has 0 radical (unpaired) electrons. The average Bonchev–Trinajstić information content (AvgIpc) is 3.25. The lowest BCUT2D eigenvalue weighted by Gasteiger charge is -2.16. The van der Waals surface area contributed by atoms with Crippen LogP contribution in [0.1, 0.15) is 29.8 Å². The summed E-state index contributed by atoms with van der Waals surface area (Å²) in [5.74, 6) is -0.893. The maximum absolute atomic E-state index is 12.9. The van der Waals surface area contributed by atoms with Crippen molar-refractivity contribution >= 4 is 52.0 Å². The Bertz CT molecular complexity index is 1160. The molecule has 1 heterocycles. The number of thioether (sulfide) groups is 1. The van der Waals surface area contributed by atoms with Gasteiger partial charge in [0, 0.05) is 22.2 Å². The maximum Gasteiger partial charge on any atom is 0.305 e. The molecule has 1 amide bonds. The molecule has 0 fully saturated rings. The Hall–Kier alpha value is -2.95. The third-order valence-corrected chi connectivity index (χ3v) is 6.63. The number of amides is 1. The minimum Gasteiger partial charge on any atom is -0.481 e. The van der Waals surface area contributed by atoms with Gasteiger partial charge in [0.15, 0.2) is 11.6 Å². The molecule has 0 saturated heterocycles. The van der Waals surface area contributed by atoms with Gasteiger partial charge in [-0.15, -0.1) is 5.10 Å². The molecule has 0 spiro atoms. The van der Waals surface area contributed by atoms with Crippen LogP contribution in [-0.4, -0.2) is 54.1 Å². The predicted molar refractivity (Wildman–Crippen MR) is 134 cm³/mol. The molecule has 0 bridgehead atoms. The largest absolute Gasteiger partial charge is 0.481 e. The van der Waals surface area contributed by atoms with Crippen molar-refractivity contribution in [3.05, 3.63) is 75.5 Å². The fourth-order valence-corrected chi connectivity index (χ4v) is 4.51. The second-order valence-corrected chi connectivity index (χ2v) is 9.50. The Balaban J connectivity index is 1.57. The van der Waals surface area contributed by atoms with Crippen LogP contribution in [0.5, 0.6) is 0 Å². The zero-order valence-corrected chi connectivity index (χ0v) is 20.9. The summed E-state index contributed by atoms with van der Waals surface area (Å²) in [6.45, 7) is -0.318. The van der Waals surface area contributed by atoms with Crippen molar-refractivity contribution in [1.29, 1.82) is 0 Å². The van der Waals surface area contributed by atoms with Gasteiger partial charge in [-0.3, -0.25) is 14.4 Å². The number of tetrazole rings is 1. The first-order valence-corrected chi connectivity index (χ1v) is 12.5. The summed E-state index contributed by atoms with van der Waals surface area (Å²) >= 11 is 13.4. The number of ketones is 1. The van der Waals surface area contributed by atoms with E-state index >= 15 is 0 Å². The van der Waals surface area contributed by atoms with Gasteiger partial charge < -0.3 is 10.4 Å². The lowest BCUT2D eigenvalue weighted by Crippen LogP contribution is -2.42. The van der Waals surface area contributed by atoms with E-state index in [1.165, 1.54) is 10.2 Å². The quantitative estimate of drug-likeness (QED) is 0.332. The highest BCUT2D eigenvalue weighted by molar-refractivity contribution is 8.13. The van der Waals surface area contributed by atoms with E-state index in [9.17, 15) is 19.5 Å². The van der Waals surface area contributed by atoms with Crippen LogP contribution in [0.2, 0.25) is 10.0 Å². The third-order valence-electron chi connectivity index (χ3n) is 5.05. The van der Waals surface area contributed by atoms with Gasteiger partial charge in [-0.1, -0.05) is 71.4 Å². The van der Waals surface area contributed by atoms with Crippen molar-refractivity contribution in [2.24, 2.45) is 0 Å². The molecule has 0 aliphatic rings.